The first-order chi connectivity index (χ1) is 7.79. The normalized spacial score (nSPS) is 12.4. The van der Waals surface area contributed by atoms with E-state index in [1.807, 2.05) is 11.8 Å². The summed E-state index contributed by atoms with van der Waals surface area (Å²) in [5.74, 6) is 3.50. The first kappa shape index (κ1) is 14.8. The predicted molar refractivity (Wildman–Crippen MR) is 85.5 cm³/mol. The van der Waals surface area contributed by atoms with Gasteiger partial charge in [-0.1, -0.05) is 46.7 Å². The summed E-state index contributed by atoms with van der Waals surface area (Å²) < 4.78 is 0.364. The van der Waals surface area contributed by atoms with Crippen molar-refractivity contribution in [2.45, 2.75) is 46.3 Å². The third-order valence-corrected chi connectivity index (χ3v) is 5.22. The maximum absolute atomic E-state index is 2.38. The van der Waals surface area contributed by atoms with Crippen molar-refractivity contribution < 1.29 is 0 Å². The highest BCUT2D eigenvalue weighted by Crippen LogP contribution is 2.22. The maximum atomic E-state index is 2.38. The van der Waals surface area contributed by atoms with Crippen LogP contribution in [0.4, 0.5) is 0 Å². The lowest BCUT2D eigenvalue weighted by Crippen LogP contribution is -2.09. The fourth-order valence-corrected chi connectivity index (χ4v) is 3.61. The van der Waals surface area contributed by atoms with E-state index >= 15 is 0 Å². The SMILES string of the molecule is Cc1cc(C)c(P=CCSC(C)(C)C)c(C)c1. The van der Waals surface area contributed by atoms with Crippen molar-refractivity contribution in [3.05, 3.63) is 28.8 Å². The molecule has 0 spiro atoms. The summed E-state index contributed by atoms with van der Waals surface area (Å²) in [7, 11) is 1.36. The Morgan fingerprint density at radius 1 is 1.12 bits per heavy atom. The van der Waals surface area contributed by atoms with Gasteiger partial charge in [0.15, 0.2) is 0 Å². The van der Waals surface area contributed by atoms with Crippen molar-refractivity contribution in [1.82, 2.24) is 0 Å². The summed E-state index contributed by atoms with van der Waals surface area (Å²) in [6.07, 6.45) is 0. The maximum Gasteiger partial charge on any atom is 0.0164 e. The van der Waals surface area contributed by atoms with Gasteiger partial charge in [0, 0.05) is 15.8 Å². The van der Waals surface area contributed by atoms with Crippen LogP contribution < -0.4 is 5.30 Å². The van der Waals surface area contributed by atoms with E-state index in [9.17, 15) is 0 Å². The van der Waals surface area contributed by atoms with E-state index in [0.717, 1.165) is 5.75 Å². The average Bonchev–Trinajstić information content (AvgIpc) is 2.13. The summed E-state index contributed by atoms with van der Waals surface area (Å²) in [6, 6.07) is 4.56. The molecule has 0 fully saturated rings. The molecule has 0 saturated heterocycles. The number of hydrogen-bond donors (Lipinski definition) is 0. The van der Waals surface area contributed by atoms with Gasteiger partial charge >= 0.3 is 0 Å². The second kappa shape index (κ2) is 6.07. The Kier molecular flexibility index (Phi) is 5.28. The molecule has 0 unspecified atom stereocenters. The zero-order valence-electron chi connectivity index (χ0n) is 11.8. The molecule has 0 aliphatic rings. The van der Waals surface area contributed by atoms with Gasteiger partial charge in [0.05, 0.1) is 0 Å². The minimum absolute atomic E-state index is 0.364. The summed E-state index contributed by atoms with van der Waals surface area (Å²) in [5.41, 5.74) is 4.20. The van der Waals surface area contributed by atoms with Gasteiger partial charge in [-0.3, -0.25) is 0 Å². The topological polar surface area (TPSA) is 0 Å². The van der Waals surface area contributed by atoms with E-state index in [2.05, 4.69) is 59.5 Å². The van der Waals surface area contributed by atoms with Crippen LogP contribution in [0.3, 0.4) is 0 Å². The molecule has 17 heavy (non-hydrogen) atoms. The summed E-state index contributed by atoms with van der Waals surface area (Å²) in [6.45, 7) is 13.4. The molecule has 0 aliphatic heterocycles. The van der Waals surface area contributed by atoms with E-state index in [0.29, 0.717) is 4.75 Å². The third-order valence-electron chi connectivity index (χ3n) is 2.45. The van der Waals surface area contributed by atoms with Crippen LogP contribution in [-0.2, 0) is 0 Å². The van der Waals surface area contributed by atoms with Gasteiger partial charge in [0.2, 0.25) is 0 Å². The zero-order chi connectivity index (χ0) is 13.1. The molecular weight excluding hydrogens is 243 g/mol. The van der Waals surface area contributed by atoms with Gasteiger partial charge in [-0.25, -0.2) is 0 Å². The van der Waals surface area contributed by atoms with Gasteiger partial charge in [-0.05, 0) is 37.7 Å². The van der Waals surface area contributed by atoms with Crippen LogP contribution in [-0.4, -0.2) is 16.3 Å². The quantitative estimate of drug-likeness (QED) is 0.725. The predicted octanol–water partition coefficient (Wildman–Crippen LogP) is 4.52. The molecule has 0 N–H and O–H groups in total. The van der Waals surface area contributed by atoms with Crippen molar-refractivity contribution in [3.8, 4) is 0 Å². The molecule has 0 radical (unpaired) electrons. The van der Waals surface area contributed by atoms with E-state index in [-0.39, 0.29) is 0 Å². The standard InChI is InChI=1S/C15H23PS/c1-11-9-12(2)14(13(3)10-11)16-7-8-17-15(4,5)6/h7,9-10H,8H2,1-6H3. The third kappa shape index (κ3) is 5.27. The second-order valence-corrected chi connectivity index (χ2v) is 8.40. The molecule has 2 heteroatoms. The second-order valence-electron chi connectivity index (χ2n) is 5.48. The molecule has 1 aromatic rings. The highest BCUT2D eigenvalue weighted by molar-refractivity contribution is 8.01. The fraction of sp³-hybridized carbons (Fsp3) is 0.533. The van der Waals surface area contributed by atoms with Gasteiger partial charge in [0.25, 0.3) is 0 Å². The molecule has 0 aliphatic carbocycles. The Bertz CT molecular complexity index is 390. The van der Waals surface area contributed by atoms with E-state index in [4.69, 9.17) is 0 Å². The molecule has 0 amide bonds. The number of thioether (sulfide) groups is 1. The van der Waals surface area contributed by atoms with Gasteiger partial charge < -0.3 is 0 Å². The first-order valence-electron chi connectivity index (χ1n) is 6.04. The number of aryl methyl sites for hydroxylation is 3. The largest absolute Gasteiger partial charge is 0.152 e. The fourth-order valence-electron chi connectivity index (χ4n) is 1.79. The van der Waals surface area contributed by atoms with Gasteiger partial charge in [-0.15, -0.1) is 0 Å². The molecule has 0 aromatic heterocycles. The molecule has 1 rings (SSSR count). The summed E-state index contributed by atoms with van der Waals surface area (Å²) >= 11 is 2.01. The van der Waals surface area contributed by atoms with Crippen LogP contribution in [0.15, 0.2) is 12.1 Å². The van der Waals surface area contributed by atoms with Crippen LogP contribution in [0.2, 0.25) is 0 Å². The average molecular weight is 266 g/mol. The van der Waals surface area contributed by atoms with E-state index < -0.39 is 0 Å². The number of hydrogen-bond acceptors (Lipinski definition) is 1. The number of benzene rings is 1. The monoisotopic (exact) mass is 266 g/mol. The highest BCUT2D eigenvalue weighted by Gasteiger charge is 2.08. The van der Waals surface area contributed by atoms with Crippen molar-refractivity contribution in [2.75, 3.05) is 5.75 Å². The van der Waals surface area contributed by atoms with Crippen molar-refractivity contribution in [1.29, 1.82) is 0 Å². The van der Waals surface area contributed by atoms with Crippen LogP contribution in [0.25, 0.3) is 0 Å². The molecule has 0 nitrogen and oxygen atoms in total. The Labute approximate surface area is 112 Å². The number of rotatable bonds is 3. The Balaban J connectivity index is 2.72. The molecular formula is C15H23PS. The van der Waals surface area contributed by atoms with Crippen molar-refractivity contribution in [3.63, 3.8) is 0 Å². The first-order valence-corrected chi connectivity index (χ1v) is 7.99. The van der Waals surface area contributed by atoms with Crippen LogP contribution in [0, 0.1) is 20.8 Å². The molecule has 94 valence electrons. The molecule has 0 atom stereocenters. The van der Waals surface area contributed by atoms with Crippen LogP contribution >= 0.6 is 20.0 Å². The Morgan fingerprint density at radius 3 is 2.12 bits per heavy atom. The summed E-state index contributed by atoms with van der Waals surface area (Å²) in [4.78, 5) is 0. The van der Waals surface area contributed by atoms with Crippen LogP contribution in [0.1, 0.15) is 37.5 Å². The molecule has 0 saturated carbocycles. The molecule has 1 aromatic carbocycles. The summed E-state index contributed by atoms with van der Waals surface area (Å²) in [5, 5.41) is 1.48. The molecule has 0 heterocycles. The lowest BCUT2D eigenvalue weighted by molar-refractivity contribution is 0.805. The van der Waals surface area contributed by atoms with Gasteiger partial charge in [0.1, 0.15) is 0 Å². The Hall–Kier alpha value is -0.260. The van der Waals surface area contributed by atoms with Crippen molar-refractivity contribution >= 4 is 31.1 Å². The lowest BCUT2D eigenvalue weighted by atomic mass is 10.1. The van der Waals surface area contributed by atoms with E-state index in [1.165, 1.54) is 30.2 Å². The smallest absolute Gasteiger partial charge is 0.0164 e. The van der Waals surface area contributed by atoms with Crippen LogP contribution in [0.5, 0.6) is 0 Å². The lowest BCUT2D eigenvalue weighted by Gasteiger charge is -2.15. The van der Waals surface area contributed by atoms with Crippen molar-refractivity contribution in [2.24, 2.45) is 0 Å². The van der Waals surface area contributed by atoms with E-state index in [1.54, 1.807) is 0 Å². The Morgan fingerprint density at radius 2 is 1.65 bits per heavy atom. The molecule has 0 bridgehead atoms. The zero-order valence-corrected chi connectivity index (χ0v) is 13.5. The van der Waals surface area contributed by atoms with Gasteiger partial charge in [-0.2, -0.15) is 11.8 Å². The minimum Gasteiger partial charge on any atom is -0.152 e. The highest BCUT2D eigenvalue weighted by atomic mass is 32.2. The minimum atomic E-state index is 0.364.